The van der Waals surface area contributed by atoms with Gasteiger partial charge in [-0.1, -0.05) is 0 Å². The number of rotatable bonds is 2. The molecule has 1 rings (SSSR count). The Morgan fingerprint density at radius 1 is 0.870 bits per heavy atom. The van der Waals surface area contributed by atoms with E-state index in [9.17, 15) is 14.7 Å². The molecular weight excluding hydrogens is 300 g/mol. The Bertz CT molecular complexity index is 425. The maximum Gasteiger partial charge on any atom is 0.407 e. The van der Waals surface area contributed by atoms with Gasteiger partial charge >= 0.3 is 12.2 Å². The number of carbonyl (C=O) groups excluding carboxylic acids is 2. The van der Waals surface area contributed by atoms with Gasteiger partial charge in [0.2, 0.25) is 0 Å². The Balaban J connectivity index is 2.64. The number of amides is 2. The van der Waals surface area contributed by atoms with Gasteiger partial charge in [-0.05, 0) is 60.8 Å². The predicted molar refractivity (Wildman–Crippen MR) is 86.2 cm³/mol. The maximum absolute atomic E-state index is 11.9. The van der Waals surface area contributed by atoms with Gasteiger partial charge in [-0.2, -0.15) is 0 Å². The number of aliphatic hydroxyl groups is 1. The van der Waals surface area contributed by atoms with Crippen molar-refractivity contribution in [1.82, 2.24) is 10.6 Å². The van der Waals surface area contributed by atoms with Crippen LogP contribution in [0.15, 0.2) is 0 Å². The highest BCUT2D eigenvalue weighted by Crippen LogP contribution is 2.21. The highest BCUT2D eigenvalue weighted by molar-refractivity contribution is 5.70. The van der Waals surface area contributed by atoms with Gasteiger partial charge in [-0.3, -0.25) is 0 Å². The lowest BCUT2D eigenvalue weighted by Gasteiger charge is -2.35. The topological polar surface area (TPSA) is 96.9 Å². The first-order chi connectivity index (χ1) is 10.4. The normalized spacial score (nSPS) is 25.4. The van der Waals surface area contributed by atoms with Crippen molar-refractivity contribution in [2.75, 3.05) is 0 Å². The van der Waals surface area contributed by atoms with E-state index in [-0.39, 0.29) is 6.04 Å². The molecule has 0 radical (unpaired) electrons. The fourth-order valence-corrected chi connectivity index (χ4v) is 2.40. The van der Waals surface area contributed by atoms with Crippen LogP contribution in [0.4, 0.5) is 9.59 Å². The second kappa shape index (κ2) is 7.38. The molecule has 3 N–H and O–H groups in total. The van der Waals surface area contributed by atoms with Gasteiger partial charge < -0.3 is 25.2 Å². The summed E-state index contributed by atoms with van der Waals surface area (Å²) in [6.45, 7) is 10.7. The Morgan fingerprint density at radius 2 is 1.30 bits per heavy atom. The van der Waals surface area contributed by atoms with Gasteiger partial charge in [-0.15, -0.1) is 0 Å². The largest absolute Gasteiger partial charge is 0.444 e. The van der Waals surface area contributed by atoms with Crippen LogP contribution < -0.4 is 10.6 Å². The first kappa shape index (κ1) is 19.5. The summed E-state index contributed by atoms with van der Waals surface area (Å²) >= 11 is 0. The average molecular weight is 330 g/mol. The summed E-state index contributed by atoms with van der Waals surface area (Å²) in [6, 6.07) is -0.707. The zero-order valence-electron chi connectivity index (χ0n) is 14.9. The molecule has 2 unspecified atom stereocenters. The van der Waals surface area contributed by atoms with Crippen molar-refractivity contribution in [2.24, 2.45) is 0 Å². The van der Waals surface area contributed by atoms with Gasteiger partial charge in [0.1, 0.15) is 11.2 Å². The minimum Gasteiger partial charge on any atom is -0.444 e. The van der Waals surface area contributed by atoms with Crippen LogP contribution >= 0.6 is 0 Å². The summed E-state index contributed by atoms with van der Waals surface area (Å²) in [5.74, 6) is 0. The van der Waals surface area contributed by atoms with Crippen LogP contribution in [0.5, 0.6) is 0 Å². The Hall–Kier alpha value is -1.50. The minimum absolute atomic E-state index is 0.305. The van der Waals surface area contributed by atoms with Crippen LogP contribution in [-0.4, -0.2) is 46.7 Å². The molecule has 0 aromatic rings. The number of nitrogens with one attached hydrogen (secondary N) is 2. The molecule has 0 aliphatic heterocycles. The van der Waals surface area contributed by atoms with Crippen molar-refractivity contribution in [3.05, 3.63) is 0 Å². The van der Waals surface area contributed by atoms with E-state index >= 15 is 0 Å². The van der Waals surface area contributed by atoms with E-state index in [4.69, 9.17) is 9.47 Å². The molecule has 3 atom stereocenters. The average Bonchev–Trinajstić information content (AvgIpc) is 2.27. The fourth-order valence-electron chi connectivity index (χ4n) is 2.40. The molecule has 0 spiro atoms. The molecule has 7 nitrogen and oxygen atoms in total. The van der Waals surface area contributed by atoms with Crippen molar-refractivity contribution in [2.45, 2.75) is 90.2 Å². The quantitative estimate of drug-likeness (QED) is 0.722. The molecule has 134 valence electrons. The summed E-state index contributed by atoms with van der Waals surface area (Å²) in [5.41, 5.74) is -1.20. The molecule has 1 aliphatic rings. The molecule has 2 amide bonds. The first-order valence-electron chi connectivity index (χ1n) is 8.03. The van der Waals surface area contributed by atoms with Crippen LogP contribution in [0.25, 0.3) is 0 Å². The number of hydrogen-bond acceptors (Lipinski definition) is 5. The highest BCUT2D eigenvalue weighted by atomic mass is 16.6. The molecule has 1 aliphatic carbocycles. The lowest BCUT2D eigenvalue weighted by Crippen LogP contribution is -2.56. The number of ether oxygens (including phenoxy) is 2. The first-order valence-corrected chi connectivity index (χ1v) is 8.03. The molecule has 0 aromatic heterocycles. The van der Waals surface area contributed by atoms with Crippen LogP contribution in [0.1, 0.15) is 60.8 Å². The summed E-state index contributed by atoms with van der Waals surface area (Å²) in [6.07, 6.45) is -0.123. The third-order valence-electron chi connectivity index (χ3n) is 3.23. The number of alkyl carbamates (subject to hydrolysis) is 2. The molecule has 1 saturated carbocycles. The summed E-state index contributed by atoms with van der Waals surface area (Å²) in [5, 5.41) is 15.3. The van der Waals surface area contributed by atoms with E-state index in [2.05, 4.69) is 10.6 Å². The van der Waals surface area contributed by atoms with Gasteiger partial charge in [0.05, 0.1) is 18.2 Å². The number of hydrogen-bond donors (Lipinski definition) is 3. The SMILES string of the molecule is CC(C)(C)OC(=O)NC1CCC(O)C[C@H]1NC(=O)OC(C)(C)C. The monoisotopic (exact) mass is 330 g/mol. The van der Waals surface area contributed by atoms with Gasteiger partial charge in [0.25, 0.3) is 0 Å². The van der Waals surface area contributed by atoms with Crippen molar-refractivity contribution in [3.63, 3.8) is 0 Å². The third kappa shape index (κ3) is 8.06. The Labute approximate surface area is 138 Å². The summed E-state index contributed by atoms with van der Waals surface area (Å²) in [4.78, 5) is 23.9. The smallest absolute Gasteiger partial charge is 0.407 e. The molecule has 0 saturated heterocycles. The molecule has 1 fully saturated rings. The standard InChI is InChI=1S/C16H30N2O5/c1-15(2,3)22-13(20)17-11-8-7-10(19)9-12(11)18-14(21)23-16(4,5)6/h10-12,19H,7-9H2,1-6H3,(H,17,20)(H,18,21)/t10?,11?,12-/m1/s1. The molecule has 7 heteroatoms. The van der Waals surface area contributed by atoms with E-state index in [0.29, 0.717) is 19.3 Å². The van der Waals surface area contributed by atoms with E-state index in [1.54, 1.807) is 41.5 Å². The molecule has 23 heavy (non-hydrogen) atoms. The van der Waals surface area contributed by atoms with E-state index in [0.717, 1.165) is 0 Å². The molecule has 0 heterocycles. The van der Waals surface area contributed by atoms with Crippen molar-refractivity contribution in [3.8, 4) is 0 Å². The summed E-state index contributed by atoms with van der Waals surface area (Å²) in [7, 11) is 0. The molecule has 0 bridgehead atoms. The fraction of sp³-hybridized carbons (Fsp3) is 0.875. The zero-order chi connectivity index (χ0) is 17.8. The number of aliphatic hydroxyl groups excluding tert-OH is 1. The molecular formula is C16H30N2O5. The highest BCUT2D eigenvalue weighted by Gasteiger charge is 2.34. The van der Waals surface area contributed by atoms with Crippen LogP contribution in [-0.2, 0) is 9.47 Å². The van der Waals surface area contributed by atoms with Gasteiger partial charge in [-0.25, -0.2) is 9.59 Å². The summed E-state index contributed by atoms with van der Waals surface area (Å²) < 4.78 is 10.5. The zero-order valence-corrected chi connectivity index (χ0v) is 14.9. The van der Waals surface area contributed by atoms with Crippen molar-refractivity contribution >= 4 is 12.2 Å². The van der Waals surface area contributed by atoms with Gasteiger partial charge in [0.15, 0.2) is 0 Å². The predicted octanol–water partition coefficient (Wildman–Crippen LogP) is 2.32. The van der Waals surface area contributed by atoms with E-state index in [1.165, 1.54) is 0 Å². The Kier molecular flexibility index (Phi) is 6.27. The second-order valence-corrected chi connectivity index (χ2v) is 7.97. The van der Waals surface area contributed by atoms with Crippen LogP contribution in [0.2, 0.25) is 0 Å². The van der Waals surface area contributed by atoms with Crippen LogP contribution in [0.3, 0.4) is 0 Å². The Morgan fingerprint density at radius 3 is 1.74 bits per heavy atom. The minimum atomic E-state index is -0.606. The maximum atomic E-state index is 11.9. The molecule has 0 aromatic carbocycles. The second-order valence-electron chi connectivity index (χ2n) is 7.97. The van der Waals surface area contributed by atoms with Gasteiger partial charge in [0, 0.05) is 0 Å². The van der Waals surface area contributed by atoms with Crippen molar-refractivity contribution < 1.29 is 24.2 Å². The van der Waals surface area contributed by atoms with Crippen LogP contribution in [0, 0.1) is 0 Å². The van der Waals surface area contributed by atoms with E-state index in [1.807, 2.05) is 0 Å². The van der Waals surface area contributed by atoms with E-state index < -0.39 is 35.5 Å². The lowest BCUT2D eigenvalue weighted by molar-refractivity contribution is 0.0325. The van der Waals surface area contributed by atoms with Crippen molar-refractivity contribution in [1.29, 1.82) is 0 Å². The lowest BCUT2D eigenvalue weighted by atomic mass is 9.88. The third-order valence-corrected chi connectivity index (χ3v) is 3.23. The number of carbonyl (C=O) groups is 2.